The average molecular weight is 441 g/mol. The number of aliphatic hydroxyl groups excluding tert-OH is 1. The summed E-state index contributed by atoms with van der Waals surface area (Å²) in [7, 11) is 0. The SMILES string of the molecule is CCOC(OCC)/C(C#Cc1ccccc1)=C(\C(=O)c1ccccc1)C(O)c1ccccc1. The van der Waals surface area contributed by atoms with Crippen LogP contribution in [0, 0.1) is 11.8 Å². The van der Waals surface area contributed by atoms with Crippen LogP contribution in [-0.4, -0.2) is 30.4 Å². The molecule has 3 aromatic carbocycles. The quantitative estimate of drug-likeness (QED) is 0.211. The molecule has 0 fully saturated rings. The number of benzene rings is 3. The molecule has 0 saturated heterocycles. The zero-order valence-electron chi connectivity index (χ0n) is 18.9. The summed E-state index contributed by atoms with van der Waals surface area (Å²) in [5.41, 5.74) is 2.27. The third-order valence-electron chi connectivity index (χ3n) is 4.95. The smallest absolute Gasteiger partial charge is 0.193 e. The fourth-order valence-electron chi connectivity index (χ4n) is 3.37. The van der Waals surface area contributed by atoms with Gasteiger partial charge >= 0.3 is 0 Å². The van der Waals surface area contributed by atoms with Crippen molar-refractivity contribution in [3.8, 4) is 11.8 Å². The van der Waals surface area contributed by atoms with Crippen molar-refractivity contribution in [3.63, 3.8) is 0 Å². The summed E-state index contributed by atoms with van der Waals surface area (Å²) in [6.45, 7) is 4.41. The van der Waals surface area contributed by atoms with Gasteiger partial charge in [-0.1, -0.05) is 90.7 Å². The van der Waals surface area contributed by atoms with Crippen molar-refractivity contribution in [1.82, 2.24) is 0 Å². The van der Waals surface area contributed by atoms with E-state index in [1.54, 1.807) is 36.4 Å². The summed E-state index contributed by atoms with van der Waals surface area (Å²) >= 11 is 0. The predicted octanol–water partition coefficient (Wildman–Crippen LogP) is 5.35. The number of Topliss-reactive ketones (excluding diaryl/α,β-unsaturated/α-hetero) is 1. The monoisotopic (exact) mass is 440 g/mol. The molecule has 168 valence electrons. The topological polar surface area (TPSA) is 55.8 Å². The van der Waals surface area contributed by atoms with Crippen molar-refractivity contribution in [3.05, 3.63) is 119 Å². The molecule has 1 unspecified atom stereocenters. The van der Waals surface area contributed by atoms with Crippen molar-refractivity contribution in [2.45, 2.75) is 26.2 Å². The van der Waals surface area contributed by atoms with Gasteiger partial charge in [0.25, 0.3) is 0 Å². The average Bonchev–Trinajstić information content (AvgIpc) is 2.87. The van der Waals surface area contributed by atoms with E-state index < -0.39 is 12.4 Å². The number of hydrogen-bond donors (Lipinski definition) is 1. The molecule has 4 heteroatoms. The highest BCUT2D eigenvalue weighted by Gasteiger charge is 2.29. The van der Waals surface area contributed by atoms with Gasteiger partial charge in [0.2, 0.25) is 0 Å². The summed E-state index contributed by atoms with van der Waals surface area (Å²) in [4.78, 5) is 13.7. The zero-order chi connectivity index (χ0) is 23.5. The molecule has 0 bridgehead atoms. The highest BCUT2D eigenvalue weighted by Crippen LogP contribution is 2.30. The fraction of sp³-hybridized carbons (Fsp3) is 0.207. The minimum atomic E-state index is -1.21. The summed E-state index contributed by atoms with van der Waals surface area (Å²) < 4.78 is 11.7. The minimum Gasteiger partial charge on any atom is -0.383 e. The first kappa shape index (κ1) is 24.2. The van der Waals surface area contributed by atoms with Crippen LogP contribution in [0.25, 0.3) is 0 Å². The molecule has 0 aliphatic rings. The Hall–Kier alpha value is -3.49. The van der Waals surface area contributed by atoms with E-state index in [2.05, 4.69) is 11.8 Å². The summed E-state index contributed by atoms with van der Waals surface area (Å²) in [6, 6.07) is 27.4. The maximum atomic E-state index is 13.7. The Morgan fingerprint density at radius 1 is 0.818 bits per heavy atom. The molecular formula is C29H28O4. The van der Waals surface area contributed by atoms with Crippen LogP contribution in [-0.2, 0) is 9.47 Å². The lowest BCUT2D eigenvalue weighted by Crippen LogP contribution is -2.25. The van der Waals surface area contributed by atoms with E-state index in [9.17, 15) is 9.90 Å². The van der Waals surface area contributed by atoms with Gasteiger partial charge in [-0.3, -0.25) is 4.79 Å². The Bertz CT molecular complexity index is 1100. The highest BCUT2D eigenvalue weighted by atomic mass is 16.7. The Balaban J connectivity index is 2.25. The van der Waals surface area contributed by atoms with Crippen molar-refractivity contribution >= 4 is 5.78 Å². The third-order valence-corrected chi connectivity index (χ3v) is 4.95. The van der Waals surface area contributed by atoms with Crippen LogP contribution in [0.4, 0.5) is 0 Å². The molecule has 0 saturated carbocycles. The number of rotatable bonds is 9. The van der Waals surface area contributed by atoms with E-state index >= 15 is 0 Å². The van der Waals surface area contributed by atoms with Gasteiger partial charge in [-0.05, 0) is 31.5 Å². The third kappa shape index (κ3) is 6.50. The second-order valence-corrected chi connectivity index (χ2v) is 7.19. The molecule has 0 spiro atoms. The van der Waals surface area contributed by atoms with Crippen molar-refractivity contribution in [1.29, 1.82) is 0 Å². The number of hydrogen-bond acceptors (Lipinski definition) is 4. The van der Waals surface area contributed by atoms with Crippen molar-refractivity contribution in [2.24, 2.45) is 0 Å². The predicted molar refractivity (Wildman–Crippen MR) is 130 cm³/mol. The Morgan fingerprint density at radius 3 is 1.88 bits per heavy atom. The van der Waals surface area contributed by atoms with E-state index in [0.29, 0.717) is 29.9 Å². The van der Waals surface area contributed by atoms with E-state index in [4.69, 9.17) is 9.47 Å². The van der Waals surface area contributed by atoms with E-state index in [0.717, 1.165) is 5.56 Å². The molecule has 1 N–H and O–H groups in total. The molecule has 0 heterocycles. The molecule has 33 heavy (non-hydrogen) atoms. The van der Waals surface area contributed by atoms with E-state index in [1.165, 1.54) is 0 Å². The van der Waals surface area contributed by atoms with Gasteiger partial charge in [0.1, 0.15) is 6.10 Å². The van der Waals surface area contributed by atoms with Crippen LogP contribution in [0.15, 0.2) is 102 Å². The van der Waals surface area contributed by atoms with Crippen LogP contribution >= 0.6 is 0 Å². The van der Waals surface area contributed by atoms with Gasteiger partial charge in [-0.15, -0.1) is 0 Å². The molecule has 3 aromatic rings. The molecule has 0 aliphatic carbocycles. The number of ketones is 1. The molecule has 0 radical (unpaired) electrons. The van der Waals surface area contributed by atoms with Crippen LogP contribution in [0.2, 0.25) is 0 Å². The van der Waals surface area contributed by atoms with Crippen LogP contribution in [0.1, 0.15) is 41.4 Å². The number of carbonyl (C=O) groups excluding carboxylic acids is 1. The molecule has 0 aliphatic heterocycles. The maximum Gasteiger partial charge on any atom is 0.193 e. The minimum absolute atomic E-state index is 0.141. The molecule has 1 atom stereocenters. The summed E-state index contributed by atoms with van der Waals surface area (Å²) in [5, 5.41) is 11.4. The van der Waals surface area contributed by atoms with Gasteiger partial charge in [-0.25, -0.2) is 0 Å². The maximum absolute atomic E-state index is 13.7. The first-order chi connectivity index (χ1) is 16.2. The van der Waals surface area contributed by atoms with Crippen molar-refractivity contribution in [2.75, 3.05) is 13.2 Å². The number of carbonyl (C=O) groups is 1. The highest BCUT2D eigenvalue weighted by molar-refractivity contribution is 6.10. The van der Waals surface area contributed by atoms with Crippen molar-refractivity contribution < 1.29 is 19.4 Å². The molecule has 4 nitrogen and oxygen atoms in total. The van der Waals surface area contributed by atoms with Crippen LogP contribution in [0.3, 0.4) is 0 Å². The number of aliphatic hydroxyl groups is 1. The lowest BCUT2D eigenvalue weighted by Gasteiger charge is -2.23. The Labute approximate surface area is 195 Å². The molecule has 3 rings (SSSR count). The summed E-state index contributed by atoms with van der Waals surface area (Å²) in [5.74, 6) is 5.88. The van der Waals surface area contributed by atoms with Gasteiger partial charge in [0.05, 0.1) is 5.57 Å². The molecular weight excluding hydrogens is 412 g/mol. The zero-order valence-corrected chi connectivity index (χ0v) is 18.9. The first-order valence-corrected chi connectivity index (χ1v) is 11.0. The Kier molecular flexibility index (Phi) is 9.17. The Morgan fingerprint density at radius 2 is 1.33 bits per heavy atom. The van der Waals surface area contributed by atoms with E-state index in [-0.39, 0.29) is 11.4 Å². The first-order valence-electron chi connectivity index (χ1n) is 11.0. The van der Waals surface area contributed by atoms with Gasteiger partial charge in [-0.2, -0.15) is 0 Å². The standard InChI is InChI=1S/C29H28O4/c1-3-32-29(33-4-2)25(21-20-22-14-8-5-9-15-22)26(27(30)23-16-10-6-11-17-23)28(31)24-18-12-7-13-19-24/h5-19,27,29-30H,3-4H2,1-2H3/b26-25-. The second-order valence-electron chi connectivity index (χ2n) is 7.19. The number of ether oxygens (including phenoxy) is 2. The fourth-order valence-corrected chi connectivity index (χ4v) is 3.37. The lowest BCUT2D eigenvalue weighted by molar-refractivity contribution is -0.109. The van der Waals surface area contributed by atoms with Gasteiger partial charge < -0.3 is 14.6 Å². The molecule has 0 aromatic heterocycles. The van der Waals surface area contributed by atoms with Crippen LogP contribution in [0.5, 0.6) is 0 Å². The van der Waals surface area contributed by atoms with Gasteiger partial charge in [0.15, 0.2) is 12.1 Å². The summed E-state index contributed by atoms with van der Waals surface area (Å²) in [6.07, 6.45) is -2.10. The van der Waals surface area contributed by atoms with E-state index in [1.807, 2.05) is 68.4 Å². The van der Waals surface area contributed by atoms with Gasteiger partial charge in [0, 0.05) is 29.9 Å². The lowest BCUT2D eigenvalue weighted by atomic mass is 9.90. The normalized spacial score (nSPS) is 12.5. The largest absolute Gasteiger partial charge is 0.383 e. The molecule has 0 amide bonds. The van der Waals surface area contributed by atoms with Crippen LogP contribution < -0.4 is 0 Å². The second kappa shape index (κ2) is 12.5.